The van der Waals surface area contributed by atoms with Gasteiger partial charge in [0.25, 0.3) is 0 Å². The Balaban J connectivity index is 2.57. The number of amides is 2. The molecule has 5 nitrogen and oxygen atoms in total. The van der Waals surface area contributed by atoms with E-state index >= 15 is 0 Å². The zero-order valence-electron chi connectivity index (χ0n) is 13.0. The monoisotopic (exact) mass is 289 g/mol. The quantitative estimate of drug-likeness (QED) is 0.654. The Hall–Kier alpha value is -2.30. The Morgan fingerprint density at radius 1 is 1.33 bits per heavy atom. The number of benzene rings is 1. The van der Waals surface area contributed by atoms with Crippen LogP contribution in [0.3, 0.4) is 0 Å². The predicted octanol–water partition coefficient (Wildman–Crippen LogP) is 1.66. The summed E-state index contributed by atoms with van der Waals surface area (Å²) in [6.07, 6.45) is 3.11. The summed E-state index contributed by atoms with van der Waals surface area (Å²) in [7, 11) is 1.59. The molecule has 0 saturated heterocycles. The standard InChI is InChI=1S/C16H23N3O2/c1-16(2,3)18-14(20)11-19(4)15(21)9-8-12-6-5-7-13(17)10-12/h5-10H,11,17H2,1-4H3,(H,18,20)/b9-8+. The molecule has 0 saturated carbocycles. The lowest BCUT2D eigenvalue weighted by atomic mass is 10.1. The molecule has 1 aromatic carbocycles. The van der Waals surface area contributed by atoms with Crippen molar-refractivity contribution in [1.29, 1.82) is 0 Å². The minimum atomic E-state index is -0.307. The van der Waals surface area contributed by atoms with E-state index in [1.54, 1.807) is 25.3 Å². The molecule has 1 aromatic rings. The van der Waals surface area contributed by atoms with Crippen molar-refractivity contribution in [2.45, 2.75) is 26.3 Å². The molecule has 0 heterocycles. The van der Waals surface area contributed by atoms with Crippen LogP contribution in [0.1, 0.15) is 26.3 Å². The third-order valence-electron chi connectivity index (χ3n) is 2.60. The van der Waals surface area contributed by atoms with Crippen LogP contribution < -0.4 is 11.1 Å². The number of carbonyl (C=O) groups excluding carboxylic acids is 2. The van der Waals surface area contributed by atoms with Crippen molar-refractivity contribution >= 4 is 23.6 Å². The summed E-state index contributed by atoms with van der Waals surface area (Å²) in [5, 5.41) is 2.81. The lowest BCUT2D eigenvalue weighted by molar-refractivity contribution is -0.131. The van der Waals surface area contributed by atoms with Crippen molar-refractivity contribution in [1.82, 2.24) is 10.2 Å². The van der Waals surface area contributed by atoms with Crippen LogP contribution in [0.15, 0.2) is 30.3 Å². The highest BCUT2D eigenvalue weighted by Crippen LogP contribution is 2.08. The first kappa shape index (κ1) is 16.8. The Labute approximate surface area is 125 Å². The van der Waals surface area contributed by atoms with E-state index in [0.29, 0.717) is 5.69 Å². The van der Waals surface area contributed by atoms with Crippen LogP contribution in [0, 0.1) is 0 Å². The molecule has 0 aliphatic rings. The average molecular weight is 289 g/mol. The highest BCUT2D eigenvalue weighted by Gasteiger charge is 2.16. The first-order valence-corrected chi connectivity index (χ1v) is 6.77. The molecule has 0 bridgehead atoms. The van der Waals surface area contributed by atoms with Gasteiger partial charge in [0.15, 0.2) is 0 Å². The first-order chi connectivity index (χ1) is 9.67. The Morgan fingerprint density at radius 3 is 2.57 bits per heavy atom. The average Bonchev–Trinajstić information content (AvgIpc) is 2.33. The number of nitrogens with one attached hydrogen (secondary N) is 1. The summed E-state index contributed by atoms with van der Waals surface area (Å²) in [6, 6.07) is 7.23. The topological polar surface area (TPSA) is 75.4 Å². The fourth-order valence-electron chi connectivity index (χ4n) is 1.71. The van der Waals surface area contributed by atoms with Gasteiger partial charge >= 0.3 is 0 Å². The Bertz CT molecular complexity index is 545. The van der Waals surface area contributed by atoms with Gasteiger partial charge in [0, 0.05) is 24.4 Å². The normalized spacial score (nSPS) is 11.4. The molecule has 0 radical (unpaired) electrons. The fourth-order valence-corrected chi connectivity index (χ4v) is 1.71. The number of nitrogens with two attached hydrogens (primary N) is 1. The van der Waals surface area contributed by atoms with Gasteiger partial charge in [0.05, 0.1) is 6.54 Å². The smallest absolute Gasteiger partial charge is 0.246 e. The van der Waals surface area contributed by atoms with Crippen LogP contribution in [0.5, 0.6) is 0 Å². The third-order valence-corrected chi connectivity index (χ3v) is 2.60. The van der Waals surface area contributed by atoms with Gasteiger partial charge in [-0.15, -0.1) is 0 Å². The van der Waals surface area contributed by atoms with Gasteiger partial charge < -0.3 is 16.0 Å². The lowest BCUT2D eigenvalue weighted by Gasteiger charge is -2.22. The van der Waals surface area contributed by atoms with E-state index in [9.17, 15) is 9.59 Å². The number of anilines is 1. The van der Waals surface area contributed by atoms with Crippen LogP contribution in [0.25, 0.3) is 6.08 Å². The molecule has 114 valence electrons. The zero-order valence-corrected chi connectivity index (χ0v) is 13.0. The van der Waals surface area contributed by atoms with Gasteiger partial charge in [-0.05, 0) is 44.5 Å². The number of carbonyl (C=O) groups is 2. The molecular weight excluding hydrogens is 266 g/mol. The highest BCUT2D eigenvalue weighted by atomic mass is 16.2. The maximum absolute atomic E-state index is 11.9. The van der Waals surface area contributed by atoms with Gasteiger partial charge in [0.2, 0.25) is 11.8 Å². The molecule has 21 heavy (non-hydrogen) atoms. The summed E-state index contributed by atoms with van der Waals surface area (Å²) in [5.41, 5.74) is 6.84. The molecule has 3 N–H and O–H groups in total. The van der Waals surface area contributed by atoms with E-state index in [1.807, 2.05) is 32.9 Å². The second-order valence-corrected chi connectivity index (χ2v) is 6.00. The van der Waals surface area contributed by atoms with Crippen molar-refractivity contribution in [2.75, 3.05) is 19.3 Å². The third kappa shape index (κ3) is 6.61. The Kier molecular flexibility index (Phi) is 5.52. The molecular formula is C16H23N3O2. The number of nitrogen functional groups attached to an aromatic ring is 1. The first-order valence-electron chi connectivity index (χ1n) is 6.77. The van der Waals surface area contributed by atoms with Gasteiger partial charge in [0.1, 0.15) is 0 Å². The van der Waals surface area contributed by atoms with Crippen LogP contribution in [-0.2, 0) is 9.59 Å². The maximum atomic E-state index is 11.9. The van der Waals surface area contributed by atoms with E-state index < -0.39 is 0 Å². The fraction of sp³-hybridized carbons (Fsp3) is 0.375. The van der Waals surface area contributed by atoms with Crippen molar-refractivity contribution in [3.63, 3.8) is 0 Å². The summed E-state index contributed by atoms with van der Waals surface area (Å²) >= 11 is 0. The molecule has 1 rings (SSSR count). The van der Waals surface area contributed by atoms with Crippen LogP contribution >= 0.6 is 0 Å². The molecule has 0 aliphatic heterocycles. The van der Waals surface area contributed by atoms with Gasteiger partial charge in [-0.3, -0.25) is 9.59 Å². The molecule has 0 aromatic heterocycles. The van der Waals surface area contributed by atoms with E-state index in [-0.39, 0.29) is 23.9 Å². The number of likely N-dealkylation sites (N-methyl/N-ethyl adjacent to an activating group) is 1. The largest absolute Gasteiger partial charge is 0.399 e. The summed E-state index contributed by atoms with van der Waals surface area (Å²) in [5.74, 6) is -0.419. The lowest BCUT2D eigenvalue weighted by Crippen LogP contribution is -2.46. The number of hydrogen-bond acceptors (Lipinski definition) is 3. The van der Waals surface area contributed by atoms with Crippen molar-refractivity contribution in [3.05, 3.63) is 35.9 Å². The van der Waals surface area contributed by atoms with Crippen molar-refractivity contribution in [2.24, 2.45) is 0 Å². The summed E-state index contributed by atoms with van der Waals surface area (Å²) in [4.78, 5) is 25.0. The molecule has 0 aliphatic carbocycles. The molecule has 0 fully saturated rings. The Morgan fingerprint density at radius 2 is 2.00 bits per heavy atom. The second kappa shape index (κ2) is 6.92. The summed E-state index contributed by atoms with van der Waals surface area (Å²) < 4.78 is 0. The maximum Gasteiger partial charge on any atom is 0.246 e. The van der Waals surface area contributed by atoms with Gasteiger partial charge in [-0.1, -0.05) is 12.1 Å². The van der Waals surface area contributed by atoms with Gasteiger partial charge in [-0.25, -0.2) is 0 Å². The van der Waals surface area contributed by atoms with E-state index in [4.69, 9.17) is 5.73 Å². The van der Waals surface area contributed by atoms with Crippen molar-refractivity contribution < 1.29 is 9.59 Å². The molecule has 0 unspecified atom stereocenters. The van der Waals surface area contributed by atoms with Crippen LogP contribution in [-0.4, -0.2) is 35.8 Å². The SMILES string of the molecule is CN(CC(=O)NC(C)(C)C)C(=O)/C=C/c1cccc(N)c1. The number of rotatable bonds is 4. The van der Waals surface area contributed by atoms with E-state index in [2.05, 4.69) is 5.32 Å². The molecule has 0 atom stereocenters. The predicted molar refractivity (Wildman–Crippen MR) is 85.4 cm³/mol. The zero-order chi connectivity index (χ0) is 16.0. The number of hydrogen-bond donors (Lipinski definition) is 2. The number of nitrogens with zero attached hydrogens (tertiary/aromatic N) is 1. The summed E-state index contributed by atoms with van der Waals surface area (Å²) in [6.45, 7) is 5.71. The minimum Gasteiger partial charge on any atom is -0.399 e. The van der Waals surface area contributed by atoms with Crippen LogP contribution in [0.2, 0.25) is 0 Å². The second-order valence-electron chi connectivity index (χ2n) is 6.00. The minimum absolute atomic E-state index is 0.0252. The molecule has 5 heteroatoms. The molecule has 2 amide bonds. The van der Waals surface area contributed by atoms with Gasteiger partial charge in [-0.2, -0.15) is 0 Å². The van der Waals surface area contributed by atoms with E-state index in [1.165, 1.54) is 11.0 Å². The molecule has 0 spiro atoms. The highest BCUT2D eigenvalue weighted by molar-refractivity contribution is 5.94. The van der Waals surface area contributed by atoms with Crippen molar-refractivity contribution in [3.8, 4) is 0 Å². The van der Waals surface area contributed by atoms with Crippen LogP contribution in [0.4, 0.5) is 5.69 Å². The van der Waals surface area contributed by atoms with E-state index in [0.717, 1.165) is 5.56 Å².